The number of ether oxygens (including phenoxy) is 1. The van der Waals surface area contributed by atoms with Crippen molar-refractivity contribution in [1.29, 1.82) is 0 Å². The van der Waals surface area contributed by atoms with E-state index in [4.69, 9.17) is 4.74 Å². The molecule has 0 spiro atoms. The Balaban J connectivity index is 2.16. The van der Waals surface area contributed by atoms with Crippen molar-refractivity contribution in [2.75, 3.05) is 19.7 Å². The van der Waals surface area contributed by atoms with Gasteiger partial charge in [-0.1, -0.05) is 6.92 Å². The van der Waals surface area contributed by atoms with Gasteiger partial charge in [0.05, 0.1) is 6.10 Å². The Morgan fingerprint density at radius 1 is 1.50 bits per heavy atom. The molecule has 0 radical (unpaired) electrons. The topological polar surface area (TPSA) is 49.8 Å². The van der Waals surface area contributed by atoms with Gasteiger partial charge in [-0.05, 0) is 38.8 Å². The Morgan fingerprint density at radius 2 is 2.19 bits per heavy atom. The Morgan fingerprint density at radius 3 is 2.75 bits per heavy atom. The Labute approximate surface area is 96.6 Å². The highest BCUT2D eigenvalue weighted by molar-refractivity contribution is 5.79. The molecule has 2 fully saturated rings. The van der Waals surface area contributed by atoms with E-state index in [1.54, 1.807) is 0 Å². The lowest BCUT2D eigenvalue weighted by atomic mass is 9.84. The van der Waals surface area contributed by atoms with Gasteiger partial charge in [-0.25, -0.2) is 0 Å². The number of carboxylic acids is 1. The molecule has 4 nitrogen and oxygen atoms in total. The fourth-order valence-electron chi connectivity index (χ4n) is 2.96. The standard InChI is InChI=1S/C12H21NO3/c1-2-10-9-12(11(14)15,5-8-16-10)13-6-3-4-7-13/h10H,2-9H2,1H3,(H,14,15). The molecular formula is C12H21NO3. The molecule has 0 amide bonds. The summed E-state index contributed by atoms with van der Waals surface area (Å²) in [4.78, 5) is 13.8. The predicted molar refractivity (Wildman–Crippen MR) is 60.4 cm³/mol. The summed E-state index contributed by atoms with van der Waals surface area (Å²) in [5.41, 5.74) is -0.643. The number of rotatable bonds is 3. The number of aliphatic carboxylic acids is 1. The molecule has 16 heavy (non-hydrogen) atoms. The molecule has 2 rings (SSSR count). The summed E-state index contributed by atoms with van der Waals surface area (Å²) in [5.74, 6) is -0.656. The molecule has 2 saturated heterocycles. The van der Waals surface area contributed by atoms with Crippen LogP contribution in [-0.4, -0.2) is 47.3 Å². The summed E-state index contributed by atoms with van der Waals surface area (Å²) in [6.07, 6.45) is 4.57. The third-order valence-electron chi connectivity index (χ3n) is 4.00. The molecule has 0 saturated carbocycles. The van der Waals surface area contributed by atoms with Crippen molar-refractivity contribution in [3.8, 4) is 0 Å². The Bertz CT molecular complexity index is 263. The summed E-state index contributed by atoms with van der Waals surface area (Å²) in [6.45, 7) is 4.51. The van der Waals surface area contributed by atoms with E-state index in [-0.39, 0.29) is 6.10 Å². The fourth-order valence-corrected chi connectivity index (χ4v) is 2.96. The van der Waals surface area contributed by atoms with Crippen LogP contribution in [0.4, 0.5) is 0 Å². The summed E-state index contributed by atoms with van der Waals surface area (Å²) in [6, 6.07) is 0. The van der Waals surface area contributed by atoms with Crippen molar-refractivity contribution in [1.82, 2.24) is 4.90 Å². The number of hydrogen-bond donors (Lipinski definition) is 1. The van der Waals surface area contributed by atoms with E-state index < -0.39 is 11.5 Å². The normalized spacial score (nSPS) is 36.4. The van der Waals surface area contributed by atoms with Gasteiger partial charge < -0.3 is 9.84 Å². The van der Waals surface area contributed by atoms with Crippen molar-refractivity contribution < 1.29 is 14.6 Å². The van der Waals surface area contributed by atoms with Crippen LogP contribution in [0.25, 0.3) is 0 Å². The molecule has 0 aromatic carbocycles. The fraction of sp³-hybridized carbons (Fsp3) is 0.917. The lowest BCUT2D eigenvalue weighted by molar-refractivity contribution is -0.162. The van der Waals surface area contributed by atoms with E-state index in [9.17, 15) is 9.90 Å². The number of nitrogens with zero attached hydrogens (tertiary/aromatic N) is 1. The smallest absolute Gasteiger partial charge is 0.324 e. The zero-order valence-corrected chi connectivity index (χ0v) is 9.95. The second-order valence-electron chi connectivity index (χ2n) is 4.89. The molecule has 92 valence electrons. The van der Waals surface area contributed by atoms with Crippen LogP contribution in [0.2, 0.25) is 0 Å². The van der Waals surface area contributed by atoms with Gasteiger partial charge in [0.15, 0.2) is 0 Å². The van der Waals surface area contributed by atoms with Gasteiger partial charge in [-0.2, -0.15) is 0 Å². The summed E-state index contributed by atoms with van der Waals surface area (Å²) < 4.78 is 5.60. The first-order chi connectivity index (χ1) is 7.69. The third-order valence-corrected chi connectivity index (χ3v) is 4.00. The molecule has 4 heteroatoms. The molecule has 2 atom stereocenters. The quantitative estimate of drug-likeness (QED) is 0.793. The zero-order chi connectivity index (χ0) is 11.6. The average molecular weight is 227 g/mol. The molecular weight excluding hydrogens is 206 g/mol. The number of carboxylic acid groups (broad SMARTS) is 1. The SMILES string of the molecule is CCC1CC(C(=O)O)(N2CCCC2)CCO1. The van der Waals surface area contributed by atoms with Crippen LogP contribution in [0.5, 0.6) is 0 Å². The largest absolute Gasteiger partial charge is 0.480 e. The van der Waals surface area contributed by atoms with Crippen LogP contribution in [0.1, 0.15) is 39.0 Å². The van der Waals surface area contributed by atoms with E-state index in [1.165, 1.54) is 0 Å². The zero-order valence-electron chi connectivity index (χ0n) is 9.95. The van der Waals surface area contributed by atoms with Gasteiger partial charge in [0, 0.05) is 13.0 Å². The van der Waals surface area contributed by atoms with E-state index in [0.717, 1.165) is 32.4 Å². The molecule has 0 aliphatic carbocycles. The van der Waals surface area contributed by atoms with Gasteiger partial charge in [0.2, 0.25) is 0 Å². The predicted octanol–water partition coefficient (Wildman–Crippen LogP) is 1.49. The van der Waals surface area contributed by atoms with Crippen LogP contribution in [0.15, 0.2) is 0 Å². The van der Waals surface area contributed by atoms with Gasteiger partial charge in [0.25, 0.3) is 0 Å². The van der Waals surface area contributed by atoms with Crippen LogP contribution >= 0.6 is 0 Å². The molecule has 1 N–H and O–H groups in total. The van der Waals surface area contributed by atoms with Crippen molar-refractivity contribution in [3.05, 3.63) is 0 Å². The van der Waals surface area contributed by atoms with Gasteiger partial charge in [-0.15, -0.1) is 0 Å². The Kier molecular flexibility index (Phi) is 3.50. The second kappa shape index (κ2) is 4.72. The van der Waals surface area contributed by atoms with E-state index in [2.05, 4.69) is 11.8 Å². The third kappa shape index (κ3) is 1.96. The molecule has 2 unspecified atom stereocenters. The minimum atomic E-state index is -0.656. The van der Waals surface area contributed by atoms with E-state index in [1.807, 2.05) is 0 Å². The van der Waals surface area contributed by atoms with Crippen LogP contribution in [-0.2, 0) is 9.53 Å². The maximum atomic E-state index is 11.6. The van der Waals surface area contributed by atoms with E-state index in [0.29, 0.717) is 19.4 Å². The van der Waals surface area contributed by atoms with Crippen molar-refractivity contribution in [2.24, 2.45) is 0 Å². The molecule has 0 bridgehead atoms. The lowest BCUT2D eigenvalue weighted by Gasteiger charge is -2.43. The van der Waals surface area contributed by atoms with Crippen molar-refractivity contribution in [2.45, 2.75) is 50.7 Å². The van der Waals surface area contributed by atoms with E-state index >= 15 is 0 Å². The van der Waals surface area contributed by atoms with Crippen molar-refractivity contribution >= 4 is 5.97 Å². The highest BCUT2D eigenvalue weighted by Gasteiger charge is 2.48. The van der Waals surface area contributed by atoms with Gasteiger partial charge in [0.1, 0.15) is 5.54 Å². The molecule has 2 aliphatic heterocycles. The number of carbonyl (C=O) groups is 1. The molecule has 2 aliphatic rings. The average Bonchev–Trinajstić information content (AvgIpc) is 2.82. The van der Waals surface area contributed by atoms with Crippen LogP contribution in [0.3, 0.4) is 0 Å². The van der Waals surface area contributed by atoms with Crippen LogP contribution in [0, 0.1) is 0 Å². The minimum Gasteiger partial charge on any atom is -0.480 e. The molecule has 2 heterocycles. The monoisotopic (exact) mass is 227 g/mol. The first-order valence-electron chi connectivity index (χ1n) is 6.29. The second-order valence-corrected chi connectivity index (χ2v) is 4.89. The molecule has 0 aromatic heterocycles. The minimum absolute atomic E-state index is 0.116. The van der Waals surface area contributed by atoms with Gasteiger partial charge >= 0.3 is 5.97 Å². The highest BCUT2D eigenvalue weighted by atomic mass is 16.5. The lowest BCUT2D eigenvalue weighted by Crippen LogP contribution is -2.58. The first-order valence-corrected chi connectivity index (χ1v) is 6.29. The summed E-state index contributed by atoms with van der Waals surface area (Å²) >= 11 is 0. The van der Waals surface area contributed by atoms with Crippen molar-refractivity contribution in [3.63, 3.8) is 0 Å². The maximum absolute atomic E-state index is 11.6. The summed E-state index contributed by atoms with van der Waals surface area (Å²) in [5, 5.41) is 9.57. The number of likely N-dealkylation sites (tertiary alicyclic amines) is 1. The maximum Gasteiger partial charge on any atom is 0.324 e. The number of hydrogen-bond acceptors (Lipinski definition) is 3. The van der Waals surface area contributed by atoms with Gasteiger partial charge in [-0.3, -0.25) is 9.69 Å². The Hall–Kier alpha value is -0.610. The molecule has 0 aromatic rings. The van der Waals surface area contributed by atoms with Crippen LogP contribution < -0.4 is 0 Å². The first kappa shape index (κ1) is 11.9. The highest BCUT2D eigenvalue weighted by Crippen LogP contribution is 2.34. The summed E-state index contributed by atoms with van der Waals surface area (Å²) in [7, 11) is 0.